The number of hydrogen-bond donors (Lipinski definition) is 1. The predicted molar refractivity (Wildman–Crippen MR) is 90.9 cm³/mol. The monoisotopic (exact) mass is 307 g/mol. The second kappa shape index (κ2) is 5.53. The van der Waals surface area contributed by atoms with E-state index in [2.05, 4.69) is 24.8 Å². The van der Waals surface area contributed by atoms with Crippen molar-refractivity contribution in [1.82, 2.24) is 4.98 Å². The van der Waals surface area contributed by atoms with Gasteiger partial charge in [-0.25, -0.2) is 4.98 Å². The second-order valence-corrected chi connectivity index (χ2v) is 8.17. The van der Waals surface area contributed by atoms with Crippen LogP contribution < -0.4 is 10.6 Å². The number of aromatic nitrogens is 1. The van der Waals surface area contributed by atoms with Gasteiger partial charge < -0.3 is 10.6 Å². The molecule has 1 aliphatic carbocycles. The lowest BCUT2D eigenvalue weighted by Gasteiger charge is -2.36. The number of thiocarbonyl (C=S) groups is 1. The molecular formula is C15H21N3S2. The quantitative estimate of drug-likeness (QED) is 0.851. The van der Waals surface area contributed by atoms with Crippen LogP contribution in [0.4, 0.5) is 5.82 Å². The third-order valence-corrected chi connectivity index (χ3v) is 5.46. The number of pyridine rings is 1. The van der Waals surface area contributed by atoms with Gasteiger partial charge in [0.2, 0.25) is 0 Å². The van der Waals surface area contributed by atoms with Crippen molar-refractivity contribution in [2.45, 2.75) is 43.6 Å². The van der Waals surface area contributed by atoms with Gasteiger partial charge >= 0.3 is 0 Å². The minimum atomic E-state index is 0.473. The first-order valence-electron chi connectivity index (χ1n) is 7.27. The number of hydrogen-bond acceptors (Lipinski definition) is 4. The summed E-state index contributed by atoms with van der Waals surface area (Å²) >= 11 is 7.30. The highest BCUT2D eigenvalue weighted by Crippen LogP contribution is 2.32. The number of nitrogens with two attached hydrogens (primary N) is 1. The molecule has 0 radical (unpaired) electrons. The van der Waals surface area contributed by atoms with Crippen molar-refractivity contribution in [2.24, 2.45) is 5.73 Å². The van der Waals surface area contributed by atoms with Gasteiger partial charge in [-0.3, -0.25) is 0 Å². The lowest BCUT2D eigenvalue weighted by Crippen LogP contribution is -2.42. The van der Waals surface area contributed by atoms with Crippen molar-refractivity contribution < 1.29 is 0 Å². The van der Waals surface area contributed by atoms with Crippen molar-refractivity contribution >= 4 is 34.8 Å². The fourth-order valence-electron chi connectivity index (χ4n) is 3.23. The molecule has 3 rings (SSSR count). The number of fused-ring (bicyclic) bond motifs is 1. The van der Waals surface area contributed by atoms with Gasteiger partial charge in [-0.2, -0.15) is 11.8 Å². The van der Waals surface area contributed by atoms with Crippen LogP contribution in [0.2, 0.25) is 0 Å². The van der Waals surface area contributed by atoms with E-state index < -0.39 is 0 Å². The molecule has 2 heterocycles. The van der Waals surface area contributed by atoms with E-state index in [1.165, 1.54) is 17.7 Å². The third kappa shape index (κ3) is 2.66. The minimum Gasteiger partial charge on any atom is -0.389 e. The summed E-state index contributed by atoms with van der Waals surface area (Å²) in [5, 5.41) is 1.24. The molecular weight excluding hydrogens is 286 g/mol. The van der Waals surface area contributed by atoms with E-state index in [4.69, 9.17) is 22.9 Å². The average Bonchev–Trinajstić information content (AvgIpc) is 2.83. The molecule has 0 amide bonds. The van der Waals surface area contributed by atoms with Gasteiger partial charge in [-0.05, 0) is 30.9 Å². The fourth-order valence-corrected chi connectivity index (χ4v) is 4.71. The number of rotatable bonds is 2. The molecule has 2 N–H and O–H groups in total. The highest BCUT2D eigenvalue weighted by molar-refractivity contribution is 8.00. The van der Waals surface area contributed by atoms with Gasteiger partial charge in [0.25, 0.3) is 0 Å². The molecule has 0 bridgehead atoms. The molecule has 108 valence electrons. The lowest BCUT2D eigenvalue weighted by atomic mass is 10.1. The van der Waals surface area contributed by atoms with Gasteiger partial charge in [0.1, 0.15) is 10.8 Å². The molecule has 2 atom stereocenters. The molecule has 1 saturated heterocycles. The first-order chi connectivity index (χ1) is 9.54. The van der Waals surface area contributed by atoms with Gasteiger partial charge in [0.05, 0.1) is 5.56 Å². The van der Waals surface area contributed by atoms with E-state index >= 15 is 0 Å². The Morgan fingerprint density at radius 1 is 1.35 bits per heavy atom. The van der Waals surface area contributed by atoms with E-state index in [9.17, 15) is 0 Å². The fraction of sp³-hybridized carbons (Fsp3) is 0.600. The molecule has 0 spiro atoms. The number of aryl methyl sites for hydroxylation is 2. The van der Waals surface area contributed by atoms with Crippen LogP contribution in [0.25, 0.3) is 0 Å². The molecule has 5 heteroatoms. The highest BCUT2D eigenvalue weighted by Gasteiger charge is 2.27. The van der Waals surface area contributed by atoms with E-state index in [1.807, 2.05) is 11.8 Å². The molecule has 1 aromatic heterocycles. The first-order valence-corrected chi connectivity index (χ1v) is 8.62. The summed E-state index contributed by atoms with van der Waals surface area (Å²) in [5.41, 5.74) is 9.49. The van der Waals surface area contributed by atoms with E-state index in [0.717, 1.165) is 37.3 Å². The van der Waals surface area contributed by atoms with Crippen LogP contribution in [0, 0.1) is 0 Å². The lowest BCUT2D eigenvalue weighted by molar-refractivity contribution is 0.715. The van der Waals surface area contributed by atoms with Crippen molar-refractivity contribution in [2.75, 3.05) is 18.0 Å². The van der Waals surface area contributed by atoms with Crippen molar-refractivity contribution in [3.05, 3.63) is 22.9 Å². The molecule has 0 saturated carbocycles. The summed E-state index contributed by atoms with van der Waals surface area (Å²) < 4.78 is 0. The van der Waals surface area contributed by atoms with Crippen LogP contribution in [-0.2, 0) is 12.8 Å². The summed E-state index contributed by atoms with van der Waals surface area (Å²) in [6.07, 6.45) is 3.40. The zero-order chi connectivity index (χ0) is 14.3. The minimum absolute atomic E-state index is 0.473. The van der Waals surface area contributed by atoms with Crippen LogP contribution in [0.3, 0.4) is 0 Å². The maximum absolute atomic E-state index is 5.94. The number of anilines is 1. The molecule has 2 aliphatic rings. The normalized spacial score (nSPS) is 25.6. The summed E-state index contributed by atoms with van der Waals surface area (Å²) in [6, 6.07) is 2.18. The summed E-state index contributed by atoms with van der Waals surface area (Å²) in [7, 11) is 0. The smallest absolute Gasteiger partial charge is 0.139 e. The van der Waals surface area contributed by atoms with Gasteiger partial charge in [0, 0.05) is 29.3 Å². The zero-order valence-corrected chi connectivity index (χ0v) is 13.7. The van der Waals surface area contributed by atoms with Crippen LogP contribution in [0.5, 0.6) is 0 Å². The Labute approximate surface area is 130 Å². The molecule has 1 aromatic rings. The third-order valence-electron chi connectivity index (χ3n) is 4.02. The second-order valence-electron chi connectivity index (χ2n) is 5.85. The Bertz CT molecular complexity index is 534. The average molecular weight is 307 g/mol. The van der Waals surface area contributed by atoms with Gasteiger partial charge in [-0.15, -0.1) is 0 Å². The Balaban J connectivity index is 2.01. The van der Waals surface area contributed by atoms with Gasteiger partial charge in [-0.1, -0.05) is 26.1 Å². The number of nitrogens with zero attached hydrogens (tertiary/aromatic N) is 2. The van der Waals surface area contributed by atoms with Crippen LogP contribution in [-0.4, -0.2) is 33.6 Å². The van der Waals surface area contributed by atoms with Crippen LogP contribution in [0.1, 0.15) is 37.1 Å². The SMILES string of the molecule is CC1CN(c2nc3c(cc2C(N)=S)CCC3)CC(C)S1. The predicted octanol–water partition coefficient (Wildman–Crippen LogP) is 2.53. The van der Waals surface area contributed by atoms with Gasteiger partial charge in [0.15, 0.2) is 0 Å². The number of thioether (sulfide) groups is 1. The van der Waals surface area contributed by atoms with Crippen LogP contribution in [0.15, 0.2) is 6.07 Å². The van der Waals surface area contributed by atoms with Crippen molar-refractivity contribution in [3.63, 3.8) is 0 Å². The summed E-state index contributed by atoms with van der Waals surface area (Å²) in [4.78, 5) is 7.76. The summed E-state index contributed by atoms with van der Waals surface area (Å²) in [5.74, 6) is 1.01. The van der Waals surface area contributed by atoms with E-state index in [-0.39, 0.29) is 0 Å². The zero-order valence-electron chi connectivity index (χ0n) is 12.1. The standard InChI is InChI=1S/C15H21N3S2/c1-9-7-18(8-10(2)20-9)15-12(14(16)19)6-11-4-3-5-13(11)17-15/h6,9-10H,3-5,7-8H2,1-2H3,(H2,16,19). The van der Waals surface area contributed by atoms with E-state index in [0.29, 0.717) is 15.5 Å². The molecule has 1 aliphatic heterocycles. The Kier molecular flexibility index (Phi) is 3.91. The van der Waals surface area contributed by atoms with Crippen molar-refractivity contribution in [1.29, 1.82) is 0 Å². The highest BCUT2D eigenvalue weighted by atomic mass is 32.2. The topological polar surface area (TPSA) is 42.2 Å². The summed E-state index contributed by atoms with van der Waals surface area (Å²) in [6.45, 7) is 6.61. The van der Waals surface area contributed by atoms with Crippen LogP contribution >= 0.6 is 24.0 Å². The van der Waals surface area contributed by atoms with E-state index in [1.54, 1.807) is 0 Å². The molecule has 1 fully saturated rings. The molecule has 3 nitrogen and oxygen atoms in total. The molecule has 0 aromatic carbocycles. The molecule has 20 heavy (non-hydrogen) atoms. The Hall–Kier alpha value is -0.810. The first kappa shape index (κ1) is 14.1. The molecule has 2 unspecified atom stereocenters. The maximum Gasteiger partial charge on any atom is 0.139 e. The Morgan fingerprint density at radius 2 is 2.05 bits per heavy atom. The van der Waals surface area contributed by atoms with Crippen molar-refractivity contribution in [3.8, 4) is 0 Å². The largest absolute Gasteiger partial charge is 0.389 e. The maximum atomic E-state index is 5.94. The Morgan fingerprint density at radius 3 is 2.70 bits per heavy atom.